The van der Waals surface area contributed by atoms with Gasteiger partial charge in [0.1, 0.15) is 0 Å². The molecule has 1 unspecified atom stereocenters. The minimum atomic E-state index is -0.906. The zero-order chi connectivity index (χ0) is 17.1. The first-order valence-corrected chi connectivity index (χ1v) is 8.13. The van der Waals surface area contributed by atoms with Crippen molar-refractivity contribution in [3.05, 3.63) is 22.2 Å². The highest BCUT2D eigenvalue weighted by Crippen LogP contribution is 2.37. The predicted molar refractivity (Wildman–Crippen MR) is 88.1 cm³/mol. The summed E-state index contributed by atoms with van der Waals surface area (Å²) in [6, 6.07) is 3.41. The average Bonchev–Trinajstić information content (AvgIpc) is 3.35. The average molecular weight is 386 g/mol. The third-order valence-corrected chi connectivity index (χ3v) is 4.41. The smallest absolute Gasteiger partial charge is 0.308 e. The summed E-state index contributed by atoms with van der Waals surface area (Å²) in [5, 5.41) is 9.10. The van der Waals surface area contributed by atoms with Crippen molar-refractivity contribution in [3.8, 4) is 11.5 Å². The lowest BCUT2D eigenvalue weighted by Crippen LogP contribution is -2.38. The number of carbonyl (C=O) groups excluding carboxylic acids is 1. The van der Waals surface area contributed by atoms with Gasteiger partial charge in [-0.2, -0.15) is 0 Å². The van der Waals surface area contributed by atoms with Gasteiger partial charge in [-0.25, -0.2) is 0 Å². The minimum Gasteiger partial charge on any atom is -0.493 e. The summed E-state index contributed by atoms with van der Waals surface area (Å²) >= 11 is 3.37. The Balaban J connectivity index is 2.29. The van der Waals surface area contributed by atoms with Crippen molar-refractivity contribution in [3.63, 3.8) is 0 Å². The lowest BCUT2D eigenvalue weighted by atomic mass is 10.1. The number of nitrogens with zero attached hydrogens (tertiary/aromatic N) is 1. The second-order valence-electron chi connectivity index (χ2n) is 5.62. The highest BCUT2D eigenvalue weighted by molar-refractivity contribution is 9.10. The molecule has 1 aromatic rings. The number of methoxy groups -OCH3 is 2. The van der Waals surface area contributed by atoms with E-state index in [0.717, 1.165) is 12.8 Å². The summed E-state index contributed by atoms with van der Waals surface area (Å²) in [7, 11) is 3.03. The molecule has 1 N–H and O–H groups in total. The number of aliphatic carboxylic acids is 1. The number of hydrogen-bond donors (Lipinski definition) is 1. The van der Waals surface area contributed by atoms with E-state index in [-0.39, 0.29) is 18.5 Å². The molecule has 2 rings (SSSR count). The van der Waals surface area contributed by atoms with Crippen LogP contribution in [0.4, 0.5) is 0 Å². The van der Waals surface area contributed by atoms with Crippen LogP contribution in [0.5, 0.6) is 11.5 Å². The van der Waals surface area contributed by atoms with Crippen molar-refractivity contribution in [1.82, 2.24) is 4.90 Å². The SMILES string of the molecule is COc1cc(C(=O)N(CC(C)C(=O)O)C2CC2)cc(Br)c1OC. The Kier molecular flexibility index (Phi) is 5.51. The number of carbonyl (C=O) groups is 2. The molecule has 126 valence electrons. The Morgan fingerprint density at radius 2 is 2.00 bits per heavy atom. The van der Waals surface area contributed by atoms with Gasteiger partial charge in [-0.05, 0) is 40.9 Å². The summed E-state index contributed by atoms with van der Waals surface area (Å²) in [6.07, 6.45) is 1.82. The van der Waals surface area contributed by atoms with Crippen molar-refractivity contribution < 1.29 is 24.2 Å². The molecule has 0 spiro atoms. The normalized spacial score (nSPS) is 15.0. The van der Waals surface area contributed by atoms with Gasteiger partial charge in [-0.1, -0.05) is 6.92 Å². The molecule has 0 bridgehead atoms. The van der Waals surface area contributed by atoms with Gasteiger partial charge in [0.25, 0.3) is 5.91 Å². The topological polar surface area (TPSA) is 76.1 Å². The predicted octanol–water partition coefficient (Wildman–Crippen LogP) is 2.79. The molecule has 0 aromatic heterocycles. The summed E-state index contributed by atoms with van der Waals surface area (Å²) in [5.74, 6) is -0.740. The largest absolute Gasteiger partial charge is 0.493 e. The molecule has 1 saturated carbocycles. The molecule has 0 heterocycles. The van der Waals surface area contributed by atoms with Gasteiger partial charge in [0.2, 0.25) is 0 Å². The van der Waals surface area contributed by atoms with E-state index >= 15 is 0 Å². The fourth-order valence-electron chi connectivity index (χ4n) is 2.36. The molecule has 1 fully saturated rings. The third kappa shape index (κ3) is 3.96. The maximum absolute atomic E-state index is 12.8. The number of hydrogen-bond acceptors (Lipinski definition) is 4. The lowest BCUT2D eigenvalue weighted by Gasteiger charge is -2.25. The Hall–Kier alpha value is -1.76. The molecule has 0 saturated heterocycles. The van der Waals surface area contributed by atoms with E-state index in [0.29, 0.717) is 21.5 Å². The van der Waals surface area contributed by atoms with Gasteiger partial charge in [-0.15, -0.1) is 0 Å². The molecule has 0 radical (unpaired) electrons. The highest BCUT2D eigenvalue weighted by atomic mass is 79.9. The van der Waals surface area contributed by atoms with Gasteiger partial charge in [0.15, 0.2) is 11.5 Å². The van der Waals surface area contributed by atoms with E-state index in [1.807, 2.05) is 0 Å². The summed E-state index contributed by atoms with van der Waals surface area (Å²) < 4.78 is 11.1. The Labute approximate surface area is 143 Å². The van der Waals surface area contributed by atoms with E-state index in [9.17, 15) is 9.59 Å². The quantitative estimate of drug-likeness (QED) is 0.780. The fourth-order valence-corrected chi connectivity index (χ4v) is 2.97. The van der Waals surface area contributed by atoms with Crippen LogP contribution in [-0.4, -0.2) is 48.7 Å². The van der Waals surface area contributed by atoms with Crippen LogP contribution < -0.4 is 9.47 Å². The van der Waals surface area contributed by atoms with Crippen LogP contribution in [0, 0.1) is 5.92 Å². The minimum absolute atomic E-state index is 0.121. The van der Waals surface area contributed by atoms with Crippen LogP contribution >= 0.6 is 15.9 Å². The molecule has 23 heavy (non-hydrogen) atoms. The van der Waals surface area contributed by atoms with Gasteiger partial charge < -0.3 is 19.5 Å². The maximum Gasteiger partial charge on any atom is 0.308 e. The number of carboxylic acid groups (broad SMARTS) is 1. The zero-order valence-corrected chi connectivity index (χ0v) is 14.9. The van der Waals surface area contributed by atoms with E-state index < -0.39 is 11.9 Å². The number of rotatable bonds is 7. The number of halogens is 1. The first kappa shape index (κ1) is 17.6. The first-order valence-electron chi connectivity index (χ1n) is 7.34. The van der Waals surface area contributed by atoms with Gasteiger partial charge in [0.05, 0.1) is 24.6 Å². The van der Waals surface area contributed by atoms with Gasteiger partial charge in [0, 0.05) is 18.2 Å². The monoisotopic (exact) mass is 385 g/mol. The van der Waals surface area contributed by atoms with E-state index in [1.165, 1.54) is 14.2 Å². The molecule has 1 aliphatic rings. The van der Waals surface area contributed by atoms with Crippen molar-refractivity contribution in [2.45, 2.75) is 25.8 Å². The Bertz CT molecular complexity index is 615. The van der Waals surface area contributed by atoms with E-state index in [4.69, 9.17) is 14.6 Å². The number of carboxylic acids is 1. The second kappa shape index (κ2) is 7.21. The highest BCUT2D eigenvalue weighted by Gasteiger charge is 2.35. The molecule has 6 nitrogen and oxygen atoms in total. The van der Waals surface area contributed by atoms with Crippen LogP contribution in [0.2, 0.25) is 0 Å². The zero-order valence-electron chi connectivity index (χ0n) is 13.3. The van der Waals surface area contributed by atoms with Crippen molar-refractivity contribution >= 4 is 27.8 Å². The van der Waals surface area contributed by atoms with E-state index in [2.05, 4.69) is 15.9 Å². The molecule has 0 aliphatic heterocycles. The van der Waals surface area contributed by atoms with Crippen LogP contribution in [0.25, 0.3) is 0 Å². The standard InChI is InChI=1S/C16H20BrNO5/c1-9(16(20)21)8-18(11-4-5-11)15(19)10-6-12(17)14(23-3)13(7-10)22-2/h6-7,9,11H,4-5,8H2,1-3H3,(H,20,21). The molecule has 1 aromatic carbocycles. The molecular formula is C16H20BrNO5. The molecule has 1 amide bonds. The molecule has 1 aliphatic carbocycles. The van der Waals surface area contributed by atoms with E-state index in [1.54, 1.807) is 24.0 Å². The van der Waals surface area contributed by atoms with Gasteiger partial charge >= 0.3 is 5.97 Å². The lowest BCUT2D eigenvalue weighted by molar-refractivity contribution is -0.141. The van der Waals surface area contributed by atoms with Crippen LogP contribution in [0.3, 0.4) is 0 Å². The Morgan fingerprint density at radius 1 is 1.35 bits per heavy atom. The summed E-state index contributed by atoms with van der Waals surface area (Å²) in [5.41, 5.74) is 0.444. The van der Waals surface area contributed by atoms with Crippen LogP contribution in [0.1, 0.15) is 30.1 Å². The van der Waals surface area contributed by atoms with Gasteiger partial charge in [-0.3, -0.25) is 9.59 Å². The second-order valence-corrected chi connectivity index (χ2v) is 6.48. The fraction of sp³-hybridized carbons (Fsp3) is 0.500. The van der Waals surface area contributed by atoms with Crippen LogP contribution in [0.15, 0.2) is 16.6 Å². The molecule has 1 atom stereocenters. The molecular weight excluding hydrogens is 366 g/mol. The van der Waals surface area contributed by atoms with Crippen LogP contribution in [-0.2, 0) is 4.79 Å². The molecule has 7 heteroatoms. The number of benzene rings is 1. The third-order valence-electron chi connectivity index (χ3n) is 3.82. The number of amides is 1. The summed E-state index contributed by atoms with van der Waals surface area (Å²) in [4.78, 5) is 25.6. The van der Waals surface area contributed by atoms with Crippen molar-refractivity contribution in [1.29, 1.82) is 0 Å². The maximum atomic E-state index is 12.8. The summed E-state index contributed by atoms with van der Waals surface area (Å²) in [6.45, 7) is 1.81. The van der Waals surface area contributed by atoms with Crippen molar-refractivity contribution in [2.24, 2.45) is 5.92 Å². The first-order chi connectivity index (χ1) is 10.9. The van der Waals surface area contributed by atoms with Crippen molar-refractivity contribution in [2.75, 3.05) is 20.8 Å². The number of ether oxygens (including phenoxy) is 2. The Morgan fingerprint density at radius 3 is 2.48 bits per heavy atom.